The first-order valence-electron chi connectivity index (χ1n) is 7.85. The van der Waals surface area contributed by atoms with Crippen molar-refractivity contribution in [2.75, 3.05) is 6.61 Å². The molecule has 0 aliphatic heterocycles. The fraction of sp³-hybridized carbons (Fsp3) is 0.556. The monoisotopic (exact) mass is 321 g/mol. The molecule has 1 N–H and O–H groups in total. The average Bonchev–Trinajstić information content (AvgIpc) is 2.43. The van der Waals surface area contributed by atoms with E-state index in [9.17, 15) is 9.59 Å². The Balaban J connectivity index is 2.75. The first-order valence-corrected chi connectivity index (χ1v) is 7.85. The van der Waals surface area contributed by atoms with Crippen molar-refractivity contribution >= 4 is 11.9 Å². The van der Waals surface area contributed by atoms with Crippen molar-refractivity contribution in [1.82, 2.24) is 5.32 Å². The normalized spacial score (nSPS) is 12.8. The number of nitrogens with one attached hydrogen (secondary N) is 1. The van der Waals surface area contributed by atoms with Gasteiger partial charge in [-0.2, -0.15) is 0 Å². The van der Waals surface area contributed by atoms with Crippen molar-refractivity contribution in [3.05, 3.63) is 35.9 Å². The number of esters is 1. The molecule has 0 aromatic heterocycles. The highest BCUT2D eigenvalue weighted by atomic mass is 16.6. The molecular formula is C18H27NO4. The van der Waals surface area contributed by atoms with Gasteiger partial charge in [-0.1, -0.05) is 30.3 Å². The zero-order chi connectivity index (χ0) is 17.5. The smallest absolute Gasteiger partial charge is 0.329 e. The molecular weight excluding hydrogens is 294 g/mol. The third-order valence-corrected chi connectivity index (χ3v) is 2.86. The second kappa shape index (κ2) is 8.67. The molecule has 0 unspecified atom stereocenters. The molecule has 1 rings (SSSR count). The van der Waals surface area contributed by atoms with E-state index < -0.39 is 17.6 Å². The summed E-state index contributed by atoms with van der Waals surface area (Å²) < 4.78 is 10.7. The van der Waals surface area contributed by atoms with Crippen LogP contribution in [0.15, 0.2) is 30.3 Å². The Bertz CT molecular complexity index is 506. The second-order valence-corrected chi connectivity index (χ2v) is 6.70. The van der Waals surface area contributed by atoms with E-state index in [4.69, 9.17) is 9.47 Å². The summed E-state index contributed by atoms with van der Waals surface area (Å²) in [5.41, 5.74) is 0.346. The molecule has 0 aliphatic carbocycles. The van der Waals surface area contributed by atoms with Crippen LogP contribution in [0.4, 0.5) is 0 Å². The molecule has 0 saturated heterocycles. The van der Waals surface area contributed by atoms with Crippen LogP contribution in [0.5, 0.6) is 0 Å². The number of amides is 1. The van der Waals surface area contributed by atoms with Gasteiger partial charge in [-0.25, -0.2) is 4.79 Å². The van der Waals surface area contributed by atoms with Crippen LogP contribution >= 0.6 is 0 Å². The first-order chi connectivity index (χ1) is 10.7. The molecule has 1 aromatic carbocycles. The minimum absolute atomic E-state index is 0.0464. The predicted octanol–water partition coefficient (Wildman–Crippen LogP) is 2.48. The van der Waals surface area contributed by atoms with Crippen LogP contribution < -0.4 is 5.32 Å². The summed E-state index contributed by atoms with van der Waals surface area (Å²) in [5, 5.41) is 2.70. The highest BCUT2D eigenvalue weighted by molar-refractivity contribution is 5.85. The number of rotatable bonds is 7. The zero-order valence-electron chi connectivity index (χ0n) is 14.6. The molecule has 1 aromatic rings. The van der Waals surface area contributed by atoms with E-state index in [-0.39, 0.29) is 18.6 Å². The number of hydrogen-bond acceptors (Lipinski definition) is 4. The van der Waals surface area contributed by atoms with Gasteiger partial charge in [0.05, 0.1) is 6.10 Å². The maximum absolute atomic E-state index is 12.4. The Morgan fingerprint density at radius 3 is 2.26 bits per heavy atom. The van der Waals surface area contributed by atoms with Crippen LogP contribution in [-0.4, -0.2) is 36.2 Å². The van der Waals surface area contributed by atoms with Crippen molar-refractivity contribution in [3.8, 4) is 0 Å². The number of carbonyl (C=O) groups excluding carboxylic acids is 2. The minimum Gasteiger partial charge on any atom is -0.458 e. The maximum atomic E-state index is 12.4. The Morgan fingerprint density at radius 1 is 1.13 bits per heavy atom. The number of benzene rings is 1. The van der Waals surface area contributed by atoms with Crippen LogP contribution in [0, 0.1) is 0 Å². The van der Waals surface area contributed by atoms with E-state index in [1.165, 1.54) is 0 Å². The fourth-order valence-corrected chi connectivity index (χ4v) is 1.89. The minimum atomic E-state index is -0.736. The lowest BCUT2D eigenvalue weighted by Crippen LogP contribution is -2.46. The molecule has 23 heavy (non-hydrogen) atoms. The molecule has 1 atom stereocenters. The maximum Gasteiger partial charge on any atom is 0.329 e. The molecule has 0 bridgehead atoms. The predicted molar refractivity (Wildman–Crippen MR) is 89.0 cm³/mol. The van der Waals surface area contributed by atoms with Crippen LogP contribution in [0.25, 0.3) is 0 Å². The van der Waals surface area contributed by atoms with Crippen molar-refractivity contribution in [2.24, 2.45) is 0 Å². The van der Waals surface area contributed by atoms with Gasteiger partial charge in [0, 0.05) is 6.42 Å². The van der Waals surface area contributed by atoms with Crippen molar-refractivity contribution in [2.45, 2.75) is 58.8 Å². The lowest BCUT2D eigenvalue weighted by atomic mass is 10.1. The zero-order valence-corrected chi connectivity index (χ0v) is 14.6. The molecule has 0 saturated carbocycles. The van der Waals surface area contributed by atoms with Gasteiger partial charge in [0.15, 0.2) is 0 Å². The van der Waals surface area contributed by atoms with E-state index in [1.807, 2.05) is 44.2 Å². The van der Waals surface area contributed by atoms with Gasteiger partial charge in [-0.05, 0) is 40.2 Å². The standard InChI is InChI=1S/C18H27NO4/c1-13(2)22-12-16(20)19-15(17(21)23-18(3,4)5)11-14-9-7-6-8-10-14/h6-10,13,15H,11-12H2,1-5H3,(H,19,20)/t15-/m1/s1. The molecule has 0 fully saturated rings. The summed E-state index contributed by atoms with van der Waals surface area (Å²) in [4.78, 5) is 24.3. The van der Waals surface area contributed by atoms with E-state index in [1.54, 1.807) is 20.8 Å². The second-order valence-electron chi connectivity index (χ2n) is 6.70. The lowest BCUT2D eigenvalue weighted by Gasteiger charge is -2.24. The summed E-state index contributed by atoms with van der Waals surface area (Å²) >= 11 is 0. The first kappa shape index (κ1) is 19.2. The number of carbonyl (C=O) groups is 2. The number of hydrogen-bond donors (Lipinski definition) is 1. The summed E-state index contributed by atoms with van der Waals surface area (Å²) in [6, 6.07) is 8.78. The summed E-state index contributed by atoms with van der Waals surface area (Å²) in [5.74, 6) is -0.773. The van der Waals surface area contributed by atoms with Crippen molar-refractivity contribution in [3.63, 3.8) is 0 Å². The molecule has 0 aliphatic rings. The topological polar surface area (TPSA) is 64.6 Å². The van der Waals surface area contributed by atoms with Crippen molar-refractivity contribution in [1.29, 1.82) is 0 Å². The third-order valence-electron chi connectivity index (χ3n) is 2.86. The van der Waals surface area contributed by atoms with Crippen LogP contribution in [0.1, 0.15) is 40.2 Å². The van der Waals surface area contributed by atoms with Crippen LogP contribution in [0.3, 0.4) is 0 Å². The molecule has 5 nitrogen and oxygen atoms in total. The summed E-state index contributed by atoms with van der Waals surface area (Å²) in [6.07, 6.45) is 0.332. The Labute approximate surface area is 138 Å². The molecule has 128 valence electrons. The van der Waals surface area contributed by atoms with Gasteiger partial charge in [0.1, 0.15) is 18.2 Å². The SMILES string of the molecule is CC(C)OCC(=O)N[C@H](Cc1ccccc1)C(=O)OC(C)(C)C. The van der Waals surface area contributed by atoms with Gasteiger partial charge in [0.2, 0.25) is 5.91 Å². The van der Waals surface area contributed by atoms with Crippen molar-refractivity contribution < 1.29 is 19.1 Å². The largest absolute Gasteiger partial charge is 0.458 e. The third kappa shape index (κ3) is 8.35. The highest BCUT2D eigenvalue weighted by Crippen LogP contribution is 2.11. The van der Waals surface area contributed by atoms with Gasteiger partial charge in [-0.15, -0.1) is 0 Å². The highest BCUT2D eigenvalue weighted by Gasteiger charge is 2.27. The van der Waals surface area contributed by atoms with E-state index in [0.29, 0.717) is 6.42 Å². The Hall–Kier alpha value is -1.88. The van der Waals surface area contributed by atoms with E-state index in [0.717, 1.165) is 5.56 Å². The molecule has 0 heterocycles. The molecule has 0 radical (unpaired) electrons. The van der Waals surface area contributed by atoms with E-state index in [2.05, 4.69) is 5.32 Å². The lowest BCUT2D eigenvalue weighted by molar-refractivity contribution is -0.159. The Morgan fingerprint density at radius 2 is 1.74 bits per heavy atom. The van der Waals surface area contributed by atoms with Crippen LogP contribution in [0.2, 0.25) is 0 Å². The quantitative estimate of drug-likeness (QED) is 0.784. The number of ether oxygens (including phenoxy) is 2. The van der Waals surface area contributed by atoms with Gasteiger partial charge in [-0.3, -0.25) is 4.79 Å². The molecule has 1 amide bonds. The van der Waals surface area contributed by atoms with E-state index >= 15 is 0 Å². The van der Waals surface area contributed by atoms with Gasteiger partial charge < -0.3 is 14.8 Å². The molecule has 0 spiro atoms. The Kier molecular flexibility index (Phi) is 7.23. The summed E-state index contributed by atoms with van der Waals surface area (Å²) in [6.45, 7) is 9.02. The van der Waals surface area contributed by atoms with Gasteiger partial charge in [0.25, 0.3) is 0 Å². The molecule has 5 heteroatoms. The summed E-state index contributed by atoms with van der Waals surface area (Å²) in [7, 11) is 0. The fourth-order valence-electron chi connectivity index (χ4n) is 1.89. The van der Waals surface area contributed by atoms with Crippen LogP contribution in [-0.2, 0) is 25.5 Å². The average molecular weight is 321 g/mol. The van der Waals surface area contributed by atoms with Gasteiger partial charge >= 0.3 is 5.97 Å².